The van der Waals surface area contributed by atoms with Gasteiger partial charge in [0.1, 0.15) is 12.5 Å². The lowest BCUT2D eigenvalue weighted by molar-refractivity contribution is -0.196. The average molecular weight is 447 g/mol. The fourth-order valence-corrected chi connectivity index (χ4v) is 5.35. The van der Waals surface area contributed by atoms with Crippen LogP contribution in [0.5, 0.6) is 5.75 Å². The number of allylic oxidation sites excluding steroid dienone is 2. The Morgan fingerprint density at radius 3 is 2.41 bits per heavy atom. The summed E-state index contributed by atoms with van der Waals surface area (Å²) in [7, 11) is 3.37. The fourth-order valence-electron chi connectivity index (χ4n) is 5.35. The molecule has 5 nitrogen and oxygen atoms in total. The van der Waals surface area contributed by atoms with E-state index in [1.165, 1.54) is 0 Å². The summed E-state index contributed by atoms with van der Waals surface area (Å²) in [6.07, 6.45) is 6.83. The third-order valence-corrected chi connectivity index (χ3v) is 7.49. The van der Waals surface area contributed by atoms with Crippen LogP contribution in [0.15, 0.2) is 35.9 Å². The second kappa shape index (κ2) is 11.1. The minimum atomic E-state index is -0.0570. The third kappa shape index (κ3) is 5.93. The van der Waals surface area contributed by atoms with Gasteiger partial charge in [0, 0.05) is 7.11 Å². The van der Waals surface area contributed by atoms with Crippen LogP contribution in [0.1, 0.15) is 58.9 Å². The predicted molar refractivity (Wildman–Crippen MR) is 127 cm³/mol. The lowest BCUT2D eigenvalue weighted by atomic mass is 9.71. The fraction of sp³-hybridized carbons (Fsp3) is 0.704. The summed E-state index contributed by atoms with van der Waals surface area (Å²) in [5, 5.41) is 0. The first kappa shape index (κ1) is 25.2. The van der Waals surface area contributed by atoms with Crippen molar-refractivity contribution < 1.29 is 23.7 Å². The molecule has 1 aromatic rings. The van der Waals surface area contributed by atoms with Crippen molar-refractivity contribution in [3.05, 3.63) is 41.5 Å². The van der Waals surface area contributed by atoms with Crippen LogP contribution in [-0.2, 0) is 25.6 Å². The summed E-state index contributed by atoms with van der Waals surface area (Å²) < 4.78 is 29.3. The van der Waals surface area contributed by atoms with Gasteiger partial charge in [-0.05, 0) is 60.1 Å². The quantitative estimate of drug-likeness (QED) is 0.259. The van der Waals surface area contributed by atoms with Gasteiger partial charge in [-0.15, -0.1) is 0 Å². The minimum Gasteiger partial charge on any atom is -0.497 e. The minimum absolute atomic E-state index is 0.0165. The molecule has 180 valence electrons. The zero-order valence-corrected chi connectivity index (χ0v) is 20.8. The monoisotopic (exact) mass is 446 g/mol. The van der Waals surface area contributed by atoms with Crippen molar-refractivity contribution in [1.29, 1.82) is 0 Å². The van der Waals surface area contributed by atoms with Gasteiger partial charge in [-0.2, -0.15) is 0 Å². The Bertz CT molecular complexity index is 737. The van der Waals surface area contributed by atoms with Crippen molar-refractivity contribution in [2.45, 2.75) is 72.2 Å². The van der Waals surface area contributed by atoms with E-state index in [4.69, 9.17) is 23.7 Å². The molecule has 5 heteroatoms. The molecule has 0 N–H and O–H groups in total. The lowest BCUT2D eigenvalue weighted by Crippen LogP contribution is -2.49. The Hall–Kier alpha value is -1.40. The van der Waals surface area contributed by atoms with Crippen LogP contribution in [0.4, 0.5) is 0 Å². The Morgan fingerprint density at radius 2 is 1.72 bits per heavy atom. The first-order valence-electron chi connectivity index (χ1n) is 11.9. The highest BCUT2D eigenvalue weighted by Crippen LogP contribution is 2.53. The molecule has 0 spiro atoms. The summed E-state index contributed by atoms with van der Waals surface area (Å²) in [4.78, 5) is 0. The SMILES string of the molecule is COCCOCO[C@@H]1[C@H](OCc2ccc(OC)cc2)[C@H]2CC/C(=C/CCC1(C)C)C2(C)C. The molecule has 2 bridgehead atoms. The van der Waals surface area contributed by atoms with Crippen molar-refractivity contribution in [3.8, 4) is 5.75 Å². The maximum Gasteiger partial charge on any atom is 0.147 e. The first-order chi connectivity index (χ1) is 15.3. The summed E-state index contributed by atoms with van der Waals surface area (Å²) in [6.45, 7) is 11.3. The van der Waals surface area contributed by atoms with Gasteiger partial charge in [-0.3, -0.25) is 0 Å². The summed E-state index contributed by atoms with van der Waals surface area (Å²) in [5.74, 6) is 1.26. The smallest absolute Gasteiger partial charge is 0.147 e. The molecule has 0 heterocycles. The Kier molecular flexibility index (Phi) is 8.79. The zero-order valence-electron chi connectivity index (χ0n) is 20.8. The van der Waals surface area contributed by atoms with Gasteiger partial charge in [0.15, 0.2) is 0 Å². The van der Waals surface area contributed by atoms with Crippen LogP contribution >= 0.6 is 0 Å². The summed E-state index contributed by atoms with van der Waals surface area (Å²) >= 11 is 0. The van der Waals surface area contributed by atoms with Gasteiger partial charge in [0.25, 0.3) is 0 Å². The maximum atomic E-state index is 6.75. The van der Waals surface area contributed by atoms with E-state index < -0.39 is 0 Å². The second-order valence-corrected chi connectivity index (χ2v) is 10.4. The largest absolute Gasteiger partial charge is 0.497 e. The molecule has 1 saturated carbocycles. The van der Waals surface area contributed by atoms with Gasteiger partial charge in [0.2, 0.25) is 0 Å². The van der Waals surface area contributed by atoms with Gasteiger partial charge in [-0.25, -0.2) is 0 Å². The molecule has 1 fully saturated rings. The molecule has 0 aromatic heterocycles. The number of hydrogen-bond acceptors (Lipinski definition) is 5. The number of benzene rings is 1. The third-order valence-electron chi connectivity index (χ3n) is 7.49. The van der Waals surface area contributed by atoms with Gasteiger partial charge in [0.05, 0.1) is 39.1 Å². The van der Waals surface area contributed by atoms with E-state index in [9.17, 15) is 0 Å². The molecule has 0 saturated heterocycles. The van der Waals surface area contributed by atoms with E-state index in [1.807, 2.05) is 12.1 Å². The van der Waals surface area contributed by atoms with E-state index in [2.05, 4.69) is 45.9 Å². The first-order valence-corrected chi connectivity index (χ1v) is 11.9. The van der Waals surface area contributed by atoms with Crippen molar-refractivity contribution in [2.24, 2.45) is 16.7 Å². The Labute approximate surface area is 194 Å². The van der Waals surface area contributed by atoms with E-state index in [0.717, 1.165) is 37.0 Å². The van der Waals surface area contributed by atoms with Crippen molar-refractivity contribution in [3.63, 3.8) is 0 Å². The van der Waals surface area contributed by atoms with Crippen LogP contribution in [0.25, 0.3) is 0 Å². The highest BCUT2D eigenvalue weighted by atomic mass is 16.7. The Morgan fingerprint density at radius 1 is 0.969 bits per heavy atom. The topological polar surface area (TPSA) is 46.2 Å². The summed E-state index contributed by atoms with van der Waals surface area (Å²) in [6, 6.07) is 8.13. The molecule has 2 aliphatic rings. The molecule has 32 heavy (non-hydrogen) atoms. The van der Waals surface area contributed by atoms with E-state index in [1.54, 1.807) is 19.8 Å². The molecule has 3 rings (SSSR count). The number of methoxy groups -OCH3 is 2. The molecule has 0 amide bonds. The molecule has 0 radical (unpaired) electrons. The molecule has 2 aliphatic carbocycles. The van der Waals surface area contributed by atoms with Crippen molar-refractivity contribution >= 4 is 0 Å². The van der Waals surface area contributed by atoms with Crippen LogP contribution in [0, 0.1) is 16.7 Å². The molecule has 0 unspecified atom stereocenters. The van der Waals surface area contributed by atoms with E-state index in [0.29, 0.717) is 25.7 Å². The van der Waals surface area contributed by atoms with Gasteiger partial charge >= 0.3 is 0 Å². The molecule has 0 aliphatic heterocycles. The Balaban J connectivity index is 1.83. The lowest BCUT2D eigenvalue weighted by Gasteiger charge is -2.44. The average Bonchev–Trinajstić information content (AvgIpc) is 3.07. The predicted octanol–water partition coefficient (Wildman–Crippen LogP) is 5.77. The maximum absolute atomic E-state index is 6.75. The highest BCUT2D eigenvalue weighted by molar-refractivity contribution is 5.27. The molecule has 1 aromatic carbocycles. The van der Waals surface area contributed by atoms with Crippen LogP contribution in [0.3, 0.4) is 0 Å². The van der Waals surface area contributed by atoms with Gasteiger partial charge in [-0.1, -0.05) is 51.5 Å². The number of rotatable bonds is 10. The number of ether oxygens (including phenoxy) is 5. The van der Waals surface area contributed by atoms with Crippen molar-refractivity contribution in [2.75, 3.05) is 34.2 Å². The van der Waals surface area contributed by atoms with Crippen LogP contribution < -0.4 is 4.74 Å². The van der Waals surface area contributed by atoms with E-state index >= 15 is 0 Å². The second-order valence-electron chi connectivity index (χ2n) is 10.4. The molecular formula is C27H42O5. The standard InChI is InChI=1S/C27H42O5/c1-26(2)15-7-8-21-11-14-23(27(21,3)4)24(25(26)32-19-30-17-16-28-5)31-18-20-9-12-22(29-6)13-10-20/h8-10,12-13,23-25H,7,11,14-19H2,1-6H3/b21-8-/t23-,24-,25-/m1/s1. The normalized spacial score (nSPS) is 28.3. The van der Waals surface area contributed by atoms with Crippen LogP contribution in [-0.4, -0.2) is 46.4 Å². The zero-order chi connectivity index (χ0) is 23.2. The number of hydrogen-bond donors (Lipinski definition) is 0. The van der Waals surface area contributed by atoms with Gasteiger partial charge < -0.3 is 23.7 Å². The van der Waals surface area contributed by atoms with E-state index in [-0.39, 0.29) is 29.8 Å². The molecule has 3 atom stereocenters. The summed E-state index contributed by atoms with van der Waals surface area (Å²) in [5.41, 5.74) is 2.79. The van der Waals surface area contributed by atoms with Crippen LogP contribution in [0.2, 0.25) is 0 Å². The highest BCUT2D eigenvalue weighted by Gasteiger charge is 2.50. The molecular weight excluding hydrogens is 404 g/mol. The number of fused-ring (bicyclic) bond motifs is 2. The van der Waals surface area contributed by atoms with Crippen molar-refractivity contribution in [1.82, 2.24) is 0 Å².